The summed E-state index contributed by atoms with van der Waals surface area (Å²) in [5.41, 5.74) is 1.73. The maximum Gasteiger partial charge on any atom is 0.251 e. The van der Waals surface area contributed by atoms with Crippen LogP contribution in [0.5, 0.6) is 5.75 Å². The number of carbonyl (C=O) groups excluding carboxylic acids is 1. The van der Waals surface area contributed by atoms with Crippen LogP contribution >= 0.6 is 0 Å². The first-order valence-electron chi connectivity index (χ1n) is 8.06. The van der Waals surface area contributed by atoms with E-state index in [1.54, 1.807) is 31.3 Å². The van der Waals surface area contributed by atoms with Crippen LogP contribution in [-0.2, 0) is 6.54 Å². The first-order chi connectivity index (χ1) is 11.6. The third-order valence-electron chi connectivity index (χ3n) is 3.70. The van der Waals surface area contributed by atoms with Crippen molar-refractivity contribution < 1.29 is 13.9 Å². The Morgan fingerprint density at radius 2 is 1.96 bits per heavy atom. The van der Waals surface area contributed by atoms with E-state index >= 15 is 0 Å². The molecular weight excluding hydrogens is 307 g/mol. The van der Waals surface area contributed by atoms with Crippen molar-refractivity contribution in [3.8, 4) is 5.75 Å². The fraction of sp³-hybridized carbons (Fsp3) is 0.316. The Balaban J connectivity index is 1.82. The van der Waals surface area contributed by atoms with Gasteiger partial charge in [0.2, 0.25) is 0 Å². The Morgan fingerprint density at radius 1 is 1.21 bits per heavy atom. The lowest BCUT2D eigenvalue weighted by molar-refractivity contribution is 0.0963. The molecule has 24 heavy (non-hydrogen) atoms. The molecule has 2 aromatic carbocycles. The summed E-state index contributed by atoms with van der Waals surface area (Å²) in [6, 6.07) is 13.6. The van der Waals surface area contributed by atoms with E-state index in [1.807, 2.05) is 19.1 Å². The van der Waals surface area contributed by atoms with E-state index in [2.05, 4.69) is 10.6 Å². The molecule has 0 heterocycles. The zero-order chi connectivity index (χ0) is 17.4. The second-order valence-corrected chi connectivity index (χ2v) is 5.51. The van der Waals surface area contributed by atoms with Crippen molar-refractivity contribution in [3.05, 3.63) is 65.5 Å². The van der Waals surface area contributed by atoms with Crippen molar-refractivity contribution in [2.45, 2.75) is 26.0 Å². The maximum atomic E-state index is 13.2. The molecule has 5 heteroatoms. The monoisotopic (exact) mass is 330 g/mol. The van der Waals surface area contributed by atoms with Gasteiger partial charge in [0, 0.05) is 31.8 Å². The van der Waals surface area contributed by atoms with E-state index in [9.17, 15) is 9.18 Å². The molecule has 0 bridgehead atoms. The molecule has 0 aliphatic rings. The second-order valence-electron chi connectivity index (χ2n) is 5.51. The summed E-state index contributed by atoms with van der Waals surface area (Å²) < 4.78 is 19.0. The Bertz CT molecular complexity index is 659. The molecule has 1 atom stereocenters. The molecule has 1 amide bonds. The van der Waals surface area contributed by atoms with Crippen molar-refractivity contribution in [1.29, 1.82) is 0 Å². The summed E-state index contributed by atoms with van der Waals surface area (Å²) in [6.45, 7) is 3.37. The minimum absolute atomic E-state index is 0.0306. The van der Waals surface area contributed by atoms with Crippen LogP contribution < -0.4 is 15.4 Å². The lowest BCUT2D eigenvalue weighted by Gasteiger charge is -2.18. The predicted octanol–water partition coefficient (Wildman–Crippen LogP) is 3.13. The van der Waals surface area contributed by atoms with Gasteiger partial charge in [-0.1, -0.05) is 25.1 Å². The van der Waals surface area contributed by atoms with Crippen LogP contribution in [0.25, 0.3) is 0 Å². The number of ether oxygens (including phenoxy) is 1. The molecule has 0 saturated heterocycles. The number of hydrogen-bond acceptors (Lipinski definition) is 3. The number of benzene rings is 2. The fourth-order valence-electron chi connectivity index (χ4n) is 2.30. The Labute approximate surface area is 142 Å². The molecule has 2 rings (SSSR count). The zero-order valence-corrected chi connectivity index (χ0v) is 14.0. The number of carbonyl (C=O) groups is 1. The molecular formula is C19H23FN2O2. The highest BCUT2D eigenvalue weighted by molar-refractivity contribution is 5.93. The Morgan fingerprint density at radius 3 is 2.58 bits per heavy atom. The van der Waals surface area contributed by atoms with Crippen molar-refractivity contribution in [2.24, 2.45) is 0 Å². The van der Waals surface area contributed by atoms with E-state index in [1.165, 1.54) is 12.1 Å². The minimum Gasteiger partial charge on any atom is -0.489 e. The van der Waals surface area contributed by atoms with Crippen molar-refractivity contribution in [1.82, 2.24) is 10.6 Å². The lowest BCUT2D eigenvalue weighted by atomic mass is 10.1. The molecule has 1 unspecified atom stereocenters. The average molecular weight is 330 g/mol. The van der Waals surface area contributed by atoms with Gasteiger partial charge in [0.15, 0.2) is 0 Å². The van der Waals surface area contributed by atoms with Gasteiger partial charge in [0.1, 0.15) is 17.7 Å². The normalized spacial score (nSPS) is 11.8. The minimum atomic E-state index is -0.300. The van der Waals surface area contributed by atoms with Crippen LogP contribution in [0.15, 0.2) is 48.5 Å². The molecule has 4 nitrogen and oxygen atoms in total. The highest BCUT2D eigenvalue weighted by Gasteiger charge is 2.09. The third kappa shape index (κ3) is 5.35. The standard InChI is InChI=1S/C19H23FN2O2/c1-3-17(24-18-6-4-5-16(20)11-18)13-22-12-14-7-9-15(10-8-14)19(23)21-2/h4-11,17,22H,3,12-13H2,1-2H3,(H,21,23). The van der Waals surface area contributed by atoms with Crippen LogP contribution in [0.3, 0.4) is 0 Å². The first kappa shape index (κ1) is 17.9. The number of amides is 1. The average Bonchev–Trinajstić information content (AvgIpc) is 2.60. The van der Waals surface area contributed by atoms with Gasteiger partial charge in [-0.3, -0.25) is 4.79 Å². The lowest BCUT2D eigenvalue weighted by Crippen LogP contribution is -2.30. The smallest absolute Gasteiger partial charge is 0.251 e. The quantitative estimate of drug-likeness (QED) is 0.782. The molecule has 2 aromatic rings. The van der Waals surface area contributed by atoms with E-state index in [-0.39, 0.29) is 17.8 Å². The van der Waals surface area contributed by atoms with Gasteiger partial charge >= 0.3 is 0 Å². The topological polar surface area (TPSA) is 50.4 Å². The molecule has 0 aliphatic carbocycles. The highest BCUT2D eigenvalue weighted by Crippen LogP contribution is 2.15. The molecule has 128 valence electrons. The van der Waals surface area contributed by atoms with Gasteiger partial charge in [-0.25, -0.2) is 4.39 Å². The molecule has 0 aromatic heterocycles. The number of nitrogens with one attached hydrogen (secondary N) is 2. The van der Waals surface area contributed by atoms with Crippen molar-refractivity contribution in [2.75, 3.05) is 13.6 Å². The van der Waals surface area contributed by atoms with Crippen LogP contribution in [0.1, 0.15) is 29.3 Å². The highest BCUT2D eigenvalue weighted by atomic mass is 19.1. The van der Waals surface area contributed by atoms with E-state index in [0.717, 1.165) is 12.0 Å². The second kappa shape index (κ2) is 9.03. The Kier molecular flexibility index (Phi) is 6.75. The summed E-state index contributed by atoms with van der Waals surface area (Å²) in [5, 5.41) is 5.93. The van der Waals surface area contributed by atoms with E-state index in [4.69, 9.17) is 4.74 Å². The van der Waals surface area contributed by atoms with E-state index < -0.39 is 0 Å². The molecule has 0 saturated carbocycles. The Hall–Kier alpha value is -2.40. The van der Waals surface area contributed by atoms with Gasteiger partial charge in [0.05, 0.1) is 0 Å². The summed E-state index contributed by atoms with van der Waals surface area (Å²) in [5.74, 6) is 0.147. The first-order valence-corrected chi connectivity index (χ1v) is 8.06. The summed E-state index contributed by atoms with van der Waals surface area (Å²) in [7, 11) is 1.61. The molecule has 0 spiro atoms. The maximum absolute atomic E-state index is 13.2. The summed E-state index contributed by atoms with van der Waals surface area (Å²) in [6.07, 6.45) is 0.788. The predicted molar refractivity (Wildman–Crippen MR) is 92.6 cm³/mol. The molecule has 0 aliphatic heterocycles. The van der Waals surface area contributed by atoms with Gasteiger partial charge in [-0.15, -0.1) is 0 Å². The molecule has 0 radical (unpaired) electrons. The van der Waals surface area contributed by atoms with Crippen LogP contribution in [-0.4, -0.2) is 25.6 Å². The van der Waals surface area contributed by atoms with Gasteiger partial charge in [0.25, 0.3) is 5.91 Å². The summed E-state index contributed by atoms with van der Waals surface area (Å²) >= 11 is 0. The van der Waals surface area contributed by atoms with Crippen LogP contribution in [0, 0.1) is 5.82 Å². The van der Waals surface area contributed by atoms with Gasteiger partial charge < -0.3 is 15.4 Å². The van der Waals surface area contributed by atoms with Gasteiger partial charge in [-0.2, -0.15) is 0 Å². The number of halogens is 1. The zero-order valence-electron chi connectivity index (χ0n) is 14.0. The van der Waals surface area contributed by atoms with E-state index in [0.29, 0.717) is 24.4 Å². The molecule has 2 N–H and O–H groups in total. The molecule has 0 fully saturated rings. The third-order valence-corrected chi connectivity index (χ3v) is 3.70. The number of rotatable bonds is 8. The largest absolute Gasteiger partial charge is 0.489 e. The fourth-order valence-corrected chi connectivity index (χ4v) is 2.30. The van der Waals surface area contributed by atoms with Crippen LogP contribution in [0.4, 0.5) is 4.39 Å². The SMILES string of the molecule is CCC(CNCc1ccc(C(=O)NC)cc1)Oc1cccc(F)c1. The number of hydrogen-bond donors (Lipinski definition) is 2. The van der Waals surface area contributed by atoms with Crippen molar-refractivity contribution >= 4 is 5.91 Å². The van der Waals surface area contributed by atoms with Crippen molar-refractivity contribution in [3.63, 3.8) is 0 Å². The van der Waals surface area contributed by atoms with Crippen LogP contribution in [0.2, 0.25) is 0 Å². The summed E-state index contributed by atoms with van der Waals surface area (Å²) in [4.78, 5) is 11.5. The van der Waals surface area contributed by atoms with Gasteiger partial charge in [-0.05, 0) is 36.2 Å².